The van der Waals surface area contributed by atoms with Crippen LogP contribution in [0.3, 0.4) is 0 Å². The summed E-state index contributed by atoms with van der Waals surface area (Å²) in [7, 11) is 2.06. The summed E-state index contributed by atoms with van der Waals surface area (Å²) in [5, 5.41) is 8.19. The lowest BCUT2D eigenvalue weighted by molar-refractivity contribution is 0.103. The van der Waals surface area contributed by atoms with Gasteiger partial charge in [0.2, 0.25) is 0 Å². The first kappa shape index (κ1) is 13.1. The lowest BCUT2D eigenvalue weighted by Crippen LogP contribution is -2.56. The molecule has 0 spiro atoms. The largest absolute Gasteiger partial charge is 0.311 e. The summed E-state index contributed by atoms with van der Waals surface area (Å²) in [6.45, 7) is 7.76. The Balaban J connectivity index is 1.72. The Kier molecular flexibility index (Phi) is 3.63. The minimum absolute atomic E-state index is 0.657. The first-order valence-electron chi connectivity index (χ1n) is 7.64. The molecule has 0 aromatic carbocycles. The summed E-state index contributed by atoms with van der Waals surface area (Å²) in [6.07, 6.45) is 4.06. The van der Waals surface area contributed by atoms with Gasteiger partial charge in [0.15, 0.2) is 0 Å². The lowest BCUT2D eigenvalue weighted by atomic mass is 10.0. The SMILES string of the molecule is CCC1CN(Cc2cc(C)nn2C)C(C2CC2)CN1. The molecule has 4 heteroatoms. The quantitative estimate of drug-likeness (QED) is 0.896. The van der Waals surface area contributed by atoms with Crippen molar-refractivity contribution in [2.75, 3.05) is 13.1 Å². The molecule has 2 fully saturated rings. The third kappa shape index (κ3) is 2.84. The standard InChI is InChI=1S/C15H26N4/c1-4-13-9-19(15(8-16-13)12-5-6-12)10-14-7-11(2)17-18(14)3/h7,12-13,15-16H,4-6,8-10H2,1-3H3. The van der Waals surface area contributed by atoms with Gasteiger partial charge in [0.05, 0.1) is 11.4 Å². The van der Waals surface area contributed by atoms with Crippen molar-refractivity contribution in [1.82, 2.24) is 20.0 Å². The van der Waals surface area contributed by atoms with Crippen LogP contribution in [0.25, 0.3) is 0 Å². The highest BCUT2D eigenvalue weighted by atomic mass is 15.3. The Labute approximate surface area is 116 Å². The van der Waals surface area contributed by atoms with E-state index in [1.54, 1.807) is 0 Å². The van der Waals surface area contributed by atoms with Gasteiger partial charge in [-0.25, -0.2) is 0 Å². The summed E-state index contributed by atoms with van der Waals surface area (Å²) in [5.74, 6) is 0.930. The van der Waals surface area contributed by atoms with Gasteiger partial charge in [-0.05, 0) is 38.2 Å². The molecule has 0 radical (unpaired) electrons. The van der Waals surface area contributed by atoms with Crippen LogP contribution in [0.4, 0.5) is 0 Å². The zero-order valence-corrected chi connectivity index (χ0v) is 12.4. The normalized spacial score (nSPS) is 28.8. The van der Waals surface area contributed by atoms with Crippen LogP contribution in [0.5, 0.6) is 0 Å². The minimum Gasteiger partial charge on any atom is -0.311 e. The molecule has 2 heterocycles. The summed E-state index contributed by atoms with van der Waals surface area (Å²) in [4.78, 5) is 2.69. The van der Waals surface area contributed by atoms with Gasteiger partial charge >= 0.3 is 0 Å². The van der Waals surface area contributed by atoms with E-state index in [2.05, 4.69) is 42.3 Å². The van der Waals surface area contributed by atoms with Crippen molar-refractivity contribution >= 4 is 0 Å². The molecule has 1 aromatic rings. The molecule has 1 saturated carbocycles. The van der Waals surface area contributed by atoms with Gasteiger partial charge in [-0.15, -0.1) is 0 Å². The fourth-order valence-electron chi connectivity index (χ4n) is 3.32. The van der Waals surface area contributed by atoms with Crippen LogP contribution in [0.15, 0.2) is 6.07 Å². The van der Waals surface area contributed by atoms with E-state index >= 15 is 0 Å². The predicted octanol–water partition coefficient (Wildman–Crippen LogP) is 1.69. The fourth-order valence-corrected chi connectivity index (χ4v) is 3.32. The van der Waals surface area contributed by atoms with Gasteiger partial charge in [-0.1, -0.05) is 6.92 Å². The van der Waals surface area contributed by atoms with Crippen LogP contribution in [0, 0.1) is 12.8 Å². The van der Waals surface area contributed by atoms with E-state index in [1.165, 1.54) is 38.0 Å². The molecule has 0 amide bonds. The Morgan fingerprint density at radius 3 is 2.79 bits per heavy atom. The second-order valence-corrected chi connectivity index (χ2v) is 6.25. The molecule has 19 heavy (non-hydrogen) atoms. The molecule has 0 bridgehead atoms. The maximum absolute atomic E-state index is 4.48. The number of hydrogen-bond acceptors (Lipinski definition) is 3. The first-order chi connectivity index (χ1) is 9.17. The van der Waals surface area contributed by atoms with Crippen molar-refractivity contribution < 1.29 is 0 Å². The Morgan fingerprint density at radius 1 is 1.42 bits per heavy atom. The summed E-state index contributed by atoms with van der Waals surface area (Å²) in [6, 6.07) is 3.62. The lowest BCUT2D eigenvalue weighted by Gasteiger charge is -2.40. The van der Waals surface area contributed by atoms with E-state index in [1.807, 2.05) is 4.68 Å². The topological polar surface area (TPSA) is 33.1 Å². The van der Waals surface area contributed by atoms with E-state index in [0.29, 0.717) is 6.04 Å². The van der Waals surface area contributed by atoms with E-state index in [0.717, 1.165) is 24.2 Å². The van der Waals surface area contributed by atoms with Gasteiger partial charge in [0.25, 0.3) is 0 Å². The van der Waals surface area contributed by atoms with Crippen molar-refractivity contribution in [1.29, 1.82) is 0 Å². The zero-order valence-electron chi connectivity index (χ0n) is 12.4. The monoisotopic (exact) mass is 262 g/mol. The number of hydrogen-bond donors (Lipinski definition) is 1. The summed E-state index contributed by atoms with van der Waals surface area (Å²) >= 11 is 0. The Hall–Kier alpha value is -0.870. The van der Waals surface area contributed by atoms with Crippen LogP contribution in [0.1, 0.15) is 37.6 Å². The maximum Gasteiger partial charge on any atom is 0.0597 e. The second kappa shape index (κ2) is 5.25. The van der Waals surface area contributed by atoms with E-state index in [-0.39, 0.29) is 0 Å². The van der Waals surface area contributed by atoms with Gasteiger partial charge in [-0.3, -0.25) is 9.58 Å². The summed E-state index contributed by atoms with van der Waals surface area (Å²) < 4.78 is 2.04. The smallest absolute Gasteiger partial charge is 0.0597 e. The average Bonchev–Trinajstić information content (AvgIpc) is 3.17. The van der Waals surface area contributed by atoms with Gasteiger partial charge < -0.3 is 5.32 Å². The molecule has 1 aliphatic heterocycles. The van der Waals surface area contributed by atoms with E-state index in [4.69, 9.17) is 0 Å². The molecule has 3 rings (SSSR count). The molecule has 1 aliphatic carbocycles. The number of piperazine rings is 1. The Morgan fingerprint density at radius 2 is 2.21 bits per heavy atom. The highest BCUT2D eigenvalue weighted by molar-refractivity contribution is 5.09. The zero-order chi connectivity index (χ0) is 13.4. The van der Waals surface area contributed by atoms with Crippen molar-refractivity contribution in [3.05, 3.63) is 17.5 Å². The number of nitrogens with zero attached hydrogens (tertiary/aromatic N) is 3. The van der Waals surface area contributed by atoms with Crippen LogP contribution in [0.2, 0.25) is 0 Å². The number of aryl methyl sites for hydroxylation is 2. The predicted molar refractivity (Wildman–Crippen MR) is 76.9 cm³/mol. The maximum atomic E-state index is 4.48. The van der Waals surface area contributed by atoms with Crippen LogP contribution in [-0.2, 0) is 13.6 Å². The van der Waals surface area contributed by atoms with Crippen molar-refractivity contribution in [3.8, 4) is 0 Å². The Bertz CT molecular complexity index is 435. The molecule has 2 unspecified atom stereocenters. The average molecular weight is 262 g/mol. The molecule has 1 N–H and O–H groups in total. The van der Waals surface area contributed by atoms with Crippen molar-refractivity contribution in [2.24, 2.45) is 13.0 Å². The van der Waals surface area contributed by atoms with Crippen LogP contribution >= 0.6 is 0 Å². The molecule has 1 saturated heterocycles. The molecule has 2 atom stereocenters. The highest BCUT2D eigenvalue weighted by Crippen LogP contribution is 2.36. The minimum atomic E-state index is 0.657. The van der Waals surface area contributed by atoms with E-state index < -0.39 is 0 Å². The third-order valence-electron chi connectivity index (χ3n) is 4.66. The third-order valence-corrected chi connectivity index (χ3v) is 4.66. The molecule has 2 aliphatic rings. The van der Waals surface area contributed by atoms with E-state index in [9.17, 15) is 0 Å². The summed E-state index contributed by atoms with van der Waals surface area (Å²) in [5.41, 5.74) is 2.47. The van der Waals surface area contributed by atoms with Crippen molar-refractivity contribution in [3.63, 3.8) is 0 Å². The molecule has 106 valence electrons. The number of nitrogens with one attached hydrogen (secondary N) is 1. The second-order valence-electron chi connectivity index (χ2n) is 6.25. The van der Waals surface area contributed by atoms with Gasteiger partial charge in [0.1, 0.15) is 0 Å². The van der Waals surface area contributed by atoms with Crippen LogP contribution in [-0.4, -0.2) is 39.9 Å². The molecule has 1 aromatic heterocycles. The van der Waals surface area contributed by atoms with Crippen molar-refractivity contribution in [2.45, 2.75) is 51.7 Å². The van der Waals surface area contributed by atoms with Crippen LogP contribution < -0.4 is 5.32 Å². The molecular formula is C15H26N4. The van der Waals surface area contributed by atoms with Gasteiger partial charge in [0, 0.05) is 38.8 Å². The van der Waals surface area contributed by atoms with Gasteiger partial charge in [-0.2, -0.15) is 5.10 Å². The molecular weight excluding hydrogens is 236 g/mol. The highest BCUT2D eigenvalue weighted by Gasteiger charge is 2.38. The number of aromatic nitrogens is 2. The number of rotatable bonds is 4. The fraction of sp³-hybridized carbons (Fsp3) is 0.800. The molecule has 4 nitrogen and oxygen atoms in total. The first-order valence-corrected chi connectivity index (χ1v) is 7.64.